The average molecular weight is 446 g/mol. The van der Waals surface area contributed by atoms with Gasteiger partial charge in [0.1, 0.15) is 0 Å². The molecule has 9 heteroatoms. The molecule has 0 saturated carbocycles. The largest absolute Gasteiger partial charge is 0.481 e. The summed E-state index contributed by atoms with van der Waals surface area (Å²) in [6.07, 6.45) is 4.44. The first-order valence-corrected chi connectivity index (χ1v) is 11.3. The molecular formula is C21H23N3O4S2. The fourth-order valence-corrected chi connectivity index (χ4v) is 4.66. The van der Waals surface area contributed by atoms with Crippen LogP contribution in [-0.4, -0.2) is 33.1 Å². The highest BCUT2D eigenvalue weighted by molar-refractivity contribution is 8.00. The predicted octanol–water partition coefficient (Wildman–Crippen LogP) is 4.18. The minimum absolute atomic E-state index is 0.128. The number of rotatable bonds is 7. The quantitative estimate of drug-likeness (QED) is 0.436. The molecule has 1 aromatic carbocycles. The second kappa shape index (κ2) is 9.90. The van der Waals surface area contributed by atoms with Crippen molar-refractivity contribution < 1.29 is 19.5 Å². The number of thioether (sulfide) groups is 1. The molecule has 2 aromatic rings. The van der Waals surface area contributed by atoms with Gasteiger partial charge >= 0.3 is 5.97 Å². The van der Waals surface area contributed by atoms with Crippen molar-refractivity contribution in [3.05, 3.63) is 47.5 Å². The zero-order valence-corrected chi connectivity index (χ0v) is 18.3. The average Bonchev–Trinajstić information content (AvgIpc) is 3.13. The Hall–Kier alpha value is -2.65. The summed E-state index contributed by atoms with van der Waals surface area (Å²) in [5.74, 6) is -2.66. The van der Waals surface area contributed by atoms with Crippen molar-refractivity contribution in [1.82, 2.24) is 4.98 Å². The molecule has 7 nitrogen and oxygen atoms in total. The zero-order chi connectivity index (χ0) is 21.7. The number of carboxylic acids is 1. The number of aryl methyl sites for hydroxylation is 1. The van der Waals surface area contributed by atoms with E-state index in [9.17, 15) is 19.5 Å². The van der Waals surface area contributed by atoms with Crippen LogP contribution < -0.4 is 10.6 Å². The minimum atomic E-state index is -0.952. The summed E-state index contributed by atoms with van der Waals surface area (Å²) in [4.78, 5) is 41.4. The van der Waals surface area contributed by atoms with Gasteiger partial charge in [-0.2, -0.15) is 0 Å². The normalized spacial score (nSPS) is 19.1. The van der Waals surface area contributed by atoms with E-state index in [1.54, 1.807) is 12.1 Å². The molecule has 1 aromatic heterocycles. The van der Waals surface area contributed by atoms with Gasteiger partial charge in [-0.25, -0.2) is 4.98 Å². The number of nitrogens with one attached hydrogen (secondary N) is 2. The number of carboxylic acid groups (broad SMARTS) is 1. The number of thiazole rings is 1. The molecule has 3 N–H and O–H groups in total. The number of allylic oxidation sites excluding steroid dienone is 2. The second-order valence-corrected chi connectivity index (χ2v) is 9.32. The Morgan fingerprint density at radius 3 is 2.40 bits per heavy atom. The van der Waals surface area contributed by atoms with E-state index in [-0.39, 0.29) is 17.1 Å². The maximum atomic E-state index is 12.5. The molecule has 3 unspecified atom stereocenters. The minimum Gasteiger partial charge on any atom is -0.481 e. The Bertz CT molecular complexity index is 955. The molecule has 0 aliphatic heterocycles. The van der Waals surface area contributed by atoms with Gasteiger partial charge in [0, 0.05) is 16.0 Å². The summed E-state index contributed by atoms with van der Waals surface area (Å²) in [5.41, 5.74) is 1.46. The first kappa shape index (κ1) is 22.0. The number of benzene rings is 1. The topological polar surface area (TPSA) is 108 Å². The van der Waals surface area contributed by atoms with E-state index in [1.165, 1.54) is 23.1 Å². The maximum absolute atomic E-state index is 12.5. The molecule has 0 radical (unpaired) electrons. The van der Waals surface area contributed by atoms with Gasteiger partial charge < -0.3 is 15.7 Å². The number of aromatic nitrogens is 1. The van der Waals surface area contributed by atoms with E-state index < -0.39 is 17.8 Å². The Kier molecular flexibility index (Phi) is 7.28. The van der Waals surface area contributed by atoms with Crippen molar-refractivity contribution in [1.29, 1.82) is 0 Å². The van der Waals surface area contributed by atoms with Crippen LogP contribution in [0.5, 0.6) is 0 Å². The summed E-state index contributed by atoms with van der Waals surface area (Å²) in [5, 5.41) is 17.1. The molecule has 158 valence electrons. The Labute approximate surface area is 183 Å². The van der Waals surface area contributed by atoms with Crippen molar-refractivity contribution in [2.24, 2.45) is 11.8 Å². The summed E-state index contributed by atoms with van der Waals surface area (Å²) < 4.78 is 0. The van der Waals surface area contributed by atoms with Crippen LogP contribution in [0.2, 0.25) is 0 Å². The van der Waals surface area contributed by atoms with Gasteiger partial charge in [0.15, 0.2) is 5.13 Å². The van der Waals surface area contributed by atoms with Gasteiger partial charge in [-0.1, -0.05) is 12.2 Å². The molecule has 0 spiro atoms. The molecule has 1 aliphatic rings. The van der Waals surface area contributed by atoms with Crippen LogP contribution in [0.25, 0.3) is 0 Å². The van der Waals surface area contributed by atoms with E-state index in [1.807, 2.05) is 43.5 Å². The van der Waals surface area contributed by atoms with Crippen LogP contribution >= 0.6 is 23.1 Å². The van der Waals surface area contributed by atoms with Crippen LogP contribution in [0, 0.1) is 18.8 Å². The lowest BCUT2D eigenvalue weighted by Crippen LogP contribution is -2.34. The number of carbonyl (C=O) groups excluding carboxylic acids is 2. The van der Waals surface area contributed by atoms with Crippen LogP contribution in [0.1, 0.15) is 25.5 Å². The fraction of sp³-hybridized carbons (Fsp3) is 0.333. The van der Waals surface area contributed by atoms with Gasteiger partial charge in [0.05, 0.1) is 22.8 Å². The molecule has 30 heavy (non-hydrogen) atoms. The SMILES string of the molecule is Cc1csc(NC(=O)C(C)Sc2ccc(NC(=O)C3CC=CCC3C(=O)O)cc2)n1. The second-order valence-electron chi connectivity index (χ2n) is 7.05. The summed E-state index contributed by atoms with van der Waals surface area (Å²) in [7, 11) is 0. The fourth-order valence-electron chi connectivity index (χ4n) is 3.10. The molecule has 3 atom stereocenters. The number of aliphatic carboxylic acids is 1. The lowest BCUT2D eigenvalue weighted by Gasteiger charge is -2.24. The van der Waals surface area contributed by atoms with Gasteiger partial charge in [0.25, 0.3) is 0 Å². The molecule has 1 aliphatic carbocycles. The number of carbonyl (C=O) groups is 3. The van der Waals surface area contributed by atoms with Gasteiger partial charge in [0.2, 0.25) is 11.8 Å². The van der Waals surface area contributed by atoms with Crippen molar-refractivity contribution >= 4 is 51.7 Å². The standard InChI is InChI=1S/C21H23N3O4S2/c1-12-11-29-21(22-12)24-18(25)13(2)30-15-9-7-14(8-10-15)23-19(26)16-5-3-4-6-17(16)20(27)28/h3-4,7-11,13,16-17H,5-6H2,1-2H3,(H,23,26)(H,27,28)(H,22,24,25). The molecule has 3 rings (SSSR count). The number of anilines is 2. The Balaban J connectivity index is 1.55. The predicted molar refractivity (Wildman–Crippen MR) is 119 cm³/mol. The third kappa shape index (κ3) is 5.70. The van der Waals surface area contributed by atoms with Gasteiger partial charge in [-0.05, 0) is 51.0 Å². The van der Waals surface area contributed by atoms with Crippen molar-refractivity contribution in [2.75, 3.05) is 10.6 Å². The van der Waals surface area contributed by atoms with Crippen LogP contribution in [0.15, 0.2) is 46.7 Å². The number of hydrogen-bond donors (Lipinski definition) is 3. The van der Waals surface area contributed by atoms with E-state index >= 15 is 0 Å². The number of amides is 2. The summed E-state index contributed by atoms with van der Waals surface area (Å²) in [6, 6.07) is 7.16. The van der Waals surface area contributed by atoms with Crippen molar-refractivity contribution in [3.63, 3.8) is 0 Å². The highest BCUT2D eigenvalue weighted by atomic mass is 32.2. The lowest BCUT2D eigenvalue weighted by atomic mass is 9.82. The van der Waals surface area contributed by atoms with Crippen LogP contribution in [0.3, 0.4) is 0 Å². The monoisotopic (exact) mass is 445 g/mol. The molecule has 0 saturated heterocycles. The third-order valence-electron chi connectivity index (χ3n) is 4.74. The van der Waals surface area contributed by atoms with Crippen molar-refractivity contribution in [2.45, 2.75) is 36.8 Å². The molecule has 2 amide bonds. The first-order valence-electron chi connectivity index (χ1n) is 9.52. The number of hydrogen-bond acceptors (Lipinski definition) is 6. The Morgan fingerprint density at radius 2 is 1.80 bits per heavy atom. The van der Waals surface area contributed by atoms with E-state index in [2.05, 4.69) is 15.6 Å². The van der Waals surface area contributed by atoms with Crippen LogP contribution in [-0.2, 0) is 14.4 Å². The number of nitrogens with zero attached hydrogens (tertiary/aromatic N) is 1. The third-order valence-corrected chi connectivity index (χ3v) is 6.73. The highest BCUT2D eigenvalue weighted by Gasteiger charge is 2.33. The molecule has 0 fully saturated rings. The van der Waals surface area contributed by atoms with Gasteiger partial charge in [-0.15, -0.1) is 23.1 Å². The van der Waals surface area contributed by atoms with E-state index in [0.717, 1.165) is 10.6 Å². The molecular weight excluding hydrogens is 422 g/mol. The van der Waals surface area contributed by atoms with Crippen molar-refractivity contribution in [3.8, 4) is 0 Å². The lowest BCUT2D eigenvalue weighted by molar-refractivity contribution is -0.146. The molecule has 1 heterocycles. The van der Waals surface area contributed by atoms with Crippen LogP contribution in [0.4, 0.5) is 10.8 Å². The Morgan fingerprint density at radius 1 is 1.13 bits per heavy atom. The summed E-state index contributed by atoms with van der Waals surface area (Å²) in [6.45, 7) is 3.69. The smallest absolute Gasteiger partial charge is 0.307 e. The van der Waals surface area contributed by atoms with E-state index in [0.29, 0.717) is 23.7 Å². The highest BCUT2D eigenvalue weighted by Crippen LogP contribution is 2.29. The summed E-state index contributed by atoms with van der Waals surface area (Å²) >= 11 is 2.79. The zero-order valence-electron chi connectivity index (χ0n) is 16.6. The van der Waals surface area contributed by atoms with E-state index in [4.69, 9.17) is 0 Å². The first-order chi connectivity index (χ1) is 14.3. The molecule has 0 bridgehead atoms. The van der Waals surface area contributed by atoms with Gasteiger partial charge in [-0.3, -0.25) is 14.4 Å². The maximum Gasteiger partial charge on any atom is 0.307 e.